The topological polar surface area (TPSA) is 104 Å². The van der Waals surface area contributed by atoms with Crippen LogP contribution in [0, 0.1) is 0 Å². The molecule has 1 aliphatic heterocycles. The number of imidazole rings is 1. The van der Waals surface area contributed by atoms with Crippen LogP contribution in [0.3, 0.4) is 0 Å². The number of ether oxygens (including phenoxy) is 1. The Morgan fingerprint density at radius 2 is 1.85 bits per heavy atom. The third kappa shape index (κ3) is 3.07. The number of aromatic amines is 2. The van der Waals surface area contributed by atoms with Gasteiger partial charge in [0.15, 0.2) is 5.82 Å². The van der Waals surface area contributed by atoms with E-state index in [0.29, 0.717) is 19.0 Å². The van der Waals surface area contributed by atoms with Crippen molar-refractivity contribution in [2.45, 2.75) is 0 Å². The molecular weight excluding hydrogens is 426 g/mol. The quantitative estimate of drug-likeness (QED) is 0.303. The van der Waals surface area contributed by atoms with Crippen molar-refractivity contribution in [1.82, 2.24) is 30.1 Å². The van der Waals surface area contributed by atoms with Gasteiger partial charge in [-0.25, -0.2) is 4.98 Å². The molecule has 0 saturated carbocycles. The molecule has 0 spiro atoms. The normalized spacial score (nSPS) is 12.9. The first-order valence-electron chi connectivity index (χ1n) is 11.1. The molecule has 3 N–H and O–H groups in total. The van der Waals surface area contributed by atoms with Crippen LogP contribution in [0.4, 0.5) is 5.69 Å². The summed E-state index contributed by atoms with van der Waals surface area (Å²) in [5.74, 6) is 1.47. The molecule has 34 heavy (non-hydrogen) atoms. The summed E-state index contributed by atoms with van der Waals surface area (Å²) in [6.45, 7) is 1.17. The molecule has 2 aromatic carbocycles. The van der Waals surface area contributed by atoms with Crippen LogP contribution < -0.4 is 10.1 Å². The van der Waals surface area contributed by atoms with Crippen LogP contribution in [0.1, 0.15) is 0 Å². The molecule has 1 aliphatic rings. The summed E-state index contributed by atoms with van der Waals surface area (Å²) < 4.78 is 6.01. The monoisotopic (exact) mass is 445 g/mol. The summed E-state index contributed by atoms with van der Waals surface area (Å²) >= 11 is 0. The summed E-state index contributed by atoms with van der Waals surface area (Å²) in [6.07, 6.45) is 5.48. The maximum absolute atomic E-state index is 6.01. The van der Waals surface area contributed by atoms with Gasteiger partial charge in [0.2, 0.25) is 0 Å². The Morgan fingerprint density at radius 1 is 0.853 bits per heavy atom. The summed E-state index contributed by atoms with van der Waals surface area (Å²) in [6, 6.07) is 18.2. The molecule has 8 bridgehead atoms. The maximum atomic E-state index is 6.01. The van der Waals surface area contributed by atoms with Crippen LogP contribution in [0.25, 0.3) is 55.8 Å². The highest BCUT2D eigenvalue weighted by atomic mass is 16.5. The van der Waals surface area contributed by atoms with Crippen LogP contribution in [0.15, 0.2) is 73.2 Å². The number of nitrogens with zero attached hydrogens (tertiary/aromatic N) is 4. The fraction of sp³-hybridized carbons (Fsp3) is 0.0769. The minimum Gasteiger partial charge on any atom is -0.492 e. The Kier molecular flexibility index (Phi) is 4.10. The fourth-order valence-electron chi connectivity index (χ4n) is 4.42. The van der Waals surface area contributed by atoms with E-state index in [-0.39, 0.29) is 0 Å². The van der Waals surface area contributed by atoms with E-state index < -0.39 is 0 Å². The predicted octanol–water partition coefficient (Wildman–Crippen LogP) is 5.03. The molecule has 0 fully saturated rings. The largest absolute Gasteiger partial charge is 0.492 e. The Morgan fingerprint density at radius 3 is 2.85 bits per heavy atom. The van der Waals surface area contributed by atoms with Gasteiger partial charge in [0.05, 0.1) is 22.4 Å². The van der Waals surface area contributed by atoms with Crippen molar-refractivity contribution >= 4 is 27.6 Å². The molecule has 6 aromatic rings. The molecule has 0 saturated heterocycles. The Balaban J connectivity index is 1.47. The van der Waals surface area contributed by atoms with Crippen LogP contribution in [-0.4, -0.2) is 43.3 Å². The number of pyridine rings is 2. The summed E-state index contributed by atoms with van der Waals surface area (Å²) in [5.41, 5.74) is 8.16. The van der Waals surface area contributed by atoms with Crippen LogP contribution >= 0.6 is 0 Å². The van der Waals surface area contributed by atoms with Gasteiger partial charge >= 0.3 is 0 Å². The summed E-state index contributed by atoms with van der Waals surface area (Å²) in [4.78, 5) is 17.4. The highest BCUT2D eigenvalue weighted by Gasteiger charge is 2.17. The number of H-pyrrole nitrogens is 2. The molecule has 0 amide bonds. The minimum atomic E-state index is 0.516. The Hall–Kier alpha value is -4.72. The van der Waals surface area contributed by atoms with Crippen molar-refractivity contribution in [1.29, 1.82) is 0 Å². The van der Waals surface area contributed by atoms with E-state index in [2.05, 4.69) is 48.7 Å². The molecule has 0 aliphatic carbocycles. The van der Waals surface area contributed by atoms with Gasteiger partial charge < -0.3 is 15.0 Å². The molecule has 0 atom stereocenters. The molecule has 8 nitrogen and oxygen atoms in total. The van der Waals surface area contributed by atoms with Gasteiger partial charge in [-0.3, -0.25) is 15.1 Å². The first-order valence-corrected chi connectivity index (χ1v) is 11.1. The lowest BCUT2D eigenvalue weighted by Gasteiger charge is -2.11. The van der Waals surface area contributed by atoms with Crippen LogP contribution in [0.2, 0.25) is 0 Å². The molecule has 7 rings (SSSR count). The highest BCUT2D eigenvalue weighted by Crippen LogP contribution is 2.33. The number of hydrogen-bond acceptors (Lipinski definition) is 6. The lowest BCUT2D eigenvalue weighted by molar-refractivity contribution is 0.333. The first-order chi connectivity index (χ1) is 16.8. The van der Waals surface area contributed by atoms with E-state index in [1.165, 1.54) is 0 Å². The van der Waals surface area contributed by atoms with Crippen molar-refractivity contribution in [2.24, 2.45) is 0 Å². The number of rotatable bonds is 0. The first kappa shape index (κ1) is 18.8. The van der Waals surface area contributed by atoms with E-state index in [4.69, 9.17) is 9.72 Å². The molecule has 4 aromatic heterocycles. The molecule has 8 heteroatoms. The second-order valence-electron chi connectivity index (χ2n) is 8.24. The van der Waals surface area contributed by atoms with Crippen molar-refractivity contribution in [2.75, 3.05) is 18.5 Å². The predicted molar refractivity (Wildman–Crippen MR) is 132 cm³/mol. The number of hydrogen-bond donors (Lipinski definition) is 3. The SMILES string of the molecule is c1cc2cc(c1)-c1nccc3[nH]c(nc13)-c1n[nH]c3ccc(cc13)-c1cncc(c1)NCCO2. The molecule has 0 radical (unpaired) electrons. The number of nitrogens with one attached hydrogen (secondary N) is 3. The van der Waals surface area contributed by atoms with Crippen molar-refractivity contribution < 1.29 is 4.74 Å². The number of anilines is 1. The number of fused-ring (bicyclic) bond motifs is 9. The third-order valence-corrected chi connectivity index (χ3v) is 6.07. The zero-order valence-corrected chi connectivity index (χ0v) is 18.0. The van der Waals surface area contributed by atoms with Crippen LogP contribution in [0.5, 0.6) is 5.75 Å². The van der Waals surface area contributed by atoms with Gasteiger partial charge in [0.1, 0.15) is 23.6 Å². The van der Waals surface area contributed by atoms with Crippen LogP contribution in [-0.2, 0) is 0 Å². The number of aromatic nitrogens is 6. The van der Waals surface area contributed by atoms with Gasteiger partial charge in [-0.1, -0.05) is 18.2 Å². The molecule has 164 valence electrons. The second kappa shape index (κ2) is 7.41. The van der Waals surface area contributed by atoms with Gasteiger partial charge in [-0.2, -0.15) is 5.10 Å². The smallest absolute Gasteiger partial charge is 0.159 e. The molecular formula is C26H19N7O. The standard InChI is InChI=1S/C26H19N7O/c1-2-16-11-19(3-1)34-9-8-28-18-10-17(13-27-14-18)15-4-5-21-20(12-15)24(33-32-21)26-30-22-6-7-29-23(16)25(22)31-26/h1-7,10-14,28H,8-9H2,(H,30,31)(H,32,33). The fourth-order valence-corrected chi connectivity index (χ4v) is 4.42. The lowest BCUT2D eigenvalue weighted by Crippen LogP contribution is -2.11. The maximum Gasteiger partial charge on any atom is 0.159 e. The van der Waals surface area contributed by atoms with E-state index in [1.54, 1.807) is 6.20 Å². The average Bonchev–Trinajstić information content (AvgIpc) is 3.50. The second-order valence-corrected chi connectivity index (χ2v) is 8.24. The molecule has 0 unspecified atom stereocenters. The minimum absolute atomic E-state index is 0.516. The zero-order chi connectivity index (χ0) is 22.5. The van der Waals surface area contributed by atoms with Crippen molar-refractivity contribution in [3.63, 3.8) is 0 Å². The average molecular weight is 445 g/mol. The van der Waals surface area contributed by atoms with E-state index in [9.17, 15) is 0 Å². The Labute approximate surface area is 194 Å². The molecule has 5 heterocycles. The van der Waals surface area contributed by atoms with Gasteiger partial charge in [-0.05, 0) is 42.0 Å². The van der Waals surface area contributed by atoms with E-state index in [0.717, 1.165) is 61.5 Å². The van der Waals surface area contributed by atoms with Crippen molar-refractivity contribution in [3.8, 4) is 39.7 Å². The van der Waals surface area contributed by atoms with Gasteiger partial charge in [0.25, 0.3) is 0 Å². The van der Waals surface area contributed by atoms with Gasteiger partial charge in [-0.15, -0.1) is 0 Å². The summed E-state index contributed by atoms with van der Waals surface area (Å²) in [7, 11) is 0. The van der Waals surface area contributed by atoms with Crippen molar-refractivity contribution in [3.05, 3.63) is 73.2 Å². The summed E-state index contributed by atoms with van der Waals surface area (Å²) in [5, 5.41) is 12.1. The lowest BCUT2D eigenvalue weighted by atomic mass is 10.0. The third-order valence-electron chi connectivity index (χ3n) is 6.07. The van der Waals surface area contributed by atoms with Gasteiger partial charge in [0, 0.05) is 41.6 Å². The Bertz CT molecular complexity index is 1680. The highest BCUT2D eigenvalue weighted by molar-refractivity contribution is 5.97. The zero-order valence-electron chi connectivity index (χ0n) is 18.0. The van der Waals surface area contributed by atoms with E-state index >= 15 is 0 Å². The number of benzene rings is 2. The van der Waals surface area contributed by atoms with E-state index in [1.807, 2.05) is 48.8 Å².